The lowest BCUT2D eigenvalue weighted by molar-refractivity contribution is -0.141. The van der Waals surface area contributed by atoms with Gasteiger partial charge in [-0.15, -0.1) is 4.72 Å². The highest BCUT2D eigenvalue weighted by molar-refractivity contribution is 7.90. The lowest BCUT2D eigenvalue weighted by Gasteiger charge is -2.38. The van der Waals surface area contributed by atoms with Crippen LogP contribution in [0.15, 0.2) is 73.1 Å². The van der Waals surface area contributed by atoms with Crippen molar-refractivity contribution in [1.29, 1.82) is 5.41 Å². The zero-order valence-electron chi connectivity index (χ0n) is 31.8. The molecule has 300 valence electrons. The predicted molar refractivity (Wildman–Crippen MR) is 206 cm³/mol. The molecule has 2 heterocycles. The lowest BCUT2D eigenvalue weighted by Crippen LogP contribution is -2.52. The second-order valence-electron chi connectivity index (χ2n) is 14.8. The van der Waals surface area contributed by atoms with E-state index in [1.54, 1.807) is 18.5 Å². The Morgan fingerprint density at radius 2 is 1.79 bits per heavy atom. The number of carbonyl (C=O) groups is 2. The van der Waals surface area contributed by atoms with Gasteiger partial charge in [0.05, 0.1) is 18.0 Å². The van der Waals surface area contributed by atoms with Gasteiger partial charge in [-0.3, -0.25) is 20.5 Å². The Morgan fingerprint density at radius 3 is 2.45 bits per heavy atom. The summed E-state index contributed by atoms with van der Waals surface area (Å²) < 4.78 is 80.0. The summed E-state index contributed by atoms with van der Waals surface area (Å²) in [4.78, 5) is 30.5. The van der Waals surface area contributed by atoms with Crippen LogP contribution in [0, 0.1) is 17.1 Å². The summed E-state index contributed by atoms with van der Waals surface area (Å²) in [5, 5.41) is 16.8. The molecule has 1 fully saturated rings. The highest BCUT2D eigenvalue weighted by Crippen LogP contribution is 2.43. The first-order valence-corrected chi connectivity index (χ1v) is 19.7. The normalized spacial score (nSPS) is 14.8. The Balaban J connectivity index is 1.48. The molecule has 56 heavy (non-hydrogen) atoms. The van der Waals surface area contributed by atoms with E-state index in [2.05, 4.69) is 25.4 Å². The van der Waals surface area contributed by atoms with Gasteiger partial charge >= 0.3 is 12.3 Å². The van der Waals surface area contributed by atoms with Gasteiger partial charge in [0.25, 0.3) is 5.91 Å². The van der Waals surface area contributed by atoms with E-state index in [1.165, 1.54) is 36.4 Å². The molecule has 2 unspecified atom stereocenters. The maximum atomic E-state index is 15.6. The fourth-order valence-electron chi connectivity index (χ4n) is 6.03. The summed E-state index contributed by atoms with van der Waals surface area (Å²) in [5.74, 6) is -1.89. The Bertz CT molecular complexity index is 2000. The molecule has 0 bridgehead atoms. The number of hydrogen-bond acceptors (Lipinski definition) is 8. The van der Waals surface area contributed by atoms with Crippen LogP contribution < -0.4 is 15.4 Å². The fourth-order valence-corrected chi connectivity index (χ4v) is 6.99. The minimum absolute atomic E-state index is 0.0404. The van der Waals surface area contributed by atoms with Crippen molar-refractivity contribution in [3.05, 3.63) is 107 Å². The summed E-state index contributed by atoms with van der Waals surface area (Å²) in [6.07, 6.45) is 4.29. The topological polar surface area (TPSA) is 157 Å². The number of carbonyl (C=O) groups excluding carboxylic acids is 2. The average molecular weight is 798 g/mol. The third-order valence-electron chi connectivity index (χ3n) is 9.38. The lowest BCUT2D eigenvalue weighted by atomic mass is 9.80. The smallest absolute Gasteiger partial charge is 0.435 e. The number of alkyl carbamates (subject to hydrolysis) is 1. The van der Waals surface area contributed by atoms with Crippen LogP contribution in [0.1, 0.15) is 112 Å². The number of nitrogens with zero attached hydrogens (tertiary/aromatic N) is 3. The van der Waals surface area contributed by atoms with Crippen molar-refractivity contribution in [1.82, 2.24) is 24.8 Å². The average Bonchev–Trinajstić information content (AvgIpc) is 3.87. The van der Waals surface area contributed by atoms with Crippen molar-refractivity contribution in [2.75, 3.05) is 11.9 Å². The number of unbranched alkanes of at least 4 members (excludes halogenated alkanes) is 3. The van der Waals surface area contributed by atoms with Crippen molar-refractivity contribution in [3.63, 3.8) is 0 Å². The standard InChI is InChI=1S/C40H47F4N7O4S/c1-5-6-7-8-21-55-37(53)48-35(45)27-11-9-13-30(22-27)51-33(24-34(49-51)40(42,43)44)36(52)47-32-23-28(16-17-31(32)41)39(19-18-26-14-15-26,29-12-10-20-46-25-29)50-56(54)38(2,3)4/h9-13,16-17,20,22-26,50H,5-8,14-15,18-19,21H2,1-4H3,(H,47,52)(H2,45,48,53). The molecule has 4 aromatic rings. The van der Waals surface area contributed by atoms with Crippen LogP contribution in [0.2, 0.25) is 0 Å². The zero-order chi connectivity index (χ0) is 40.7. The number of nitrogens with one attached hydrogen (secondary N) is 4. The van der Waals surface area contributed by atoms with Crippen LogP contribution in [0.5, 0.6) is 0 Å². The molecule has 11 nitrogen and oxygen atoms in total. The molecule has 0 radical (unpaired) electrons. The second-order valence-corrected chi connectivity index (χ2v) is 16.8. The Hall–Kier alpha value is -4.80. The number of pyridine rings is 1. The van der Waals surface area contributed by atoms with Gasteiger partial charge in [-0.1, -0.05) is 63.3 Å². The van der Waals surface area contributed by atoms with E-state index < -0.39 is 62.9 Å². The Kier molecular flexibility index (Phi) is 13.6. The molecule has 2 aromatic heterocycles. The number of amidine groups is 1. The number of aromatic nitrogens is 3. The molecule has 0 saturated heterocycles. The van der Waals surface area contributed by atoms with Crippen LogP contribution in [0.4, 0.5) is 28.0 Å². The summed E-state index contributed by atoms with van der Waals surface area (Å²) in [5.41, 5.74) is -2.26. The number of benzene rings is 2. The van der Waals surface area contributed by atoms with E-state index in [0.717, 1.165) is 49.3 Å². The SMILES string of the molecule is CCCCCCOC(=O)NC(=N)c1cccc(-n2nc(C(F)(F)F)cc2C(=O)Nc2cc(C(CCC3CC3)(N[S+]([O-])C(C)(C)C)c3cccnc3)ccc2F)c1. The number of rotatable bonds is 16. The van der Waals surface area contributed by atoms with Gasteiger partial charge < -0.3 is 14.6 Å². The van der Waals surface area contributed by atoms with Gasteiger partial charge in [0.15, 0.2) is 5.69 Å². The maximum Gasteiger partial charge on any atom is 0.435 e. The minimum atomic E-state index is -4.95. The molecule has 1 aliphatic carbocycles. The predicted octanol–water partition coefficient (Wildman–Crippen LogP) is 8.79. The Labute approximate surface area is 326 Å². The molecule has 2 aromatic carbocycles. The number of ether oxygens (including phenoxy) is 1. The van der Waals surface area contributed by atoms with E-state index in [1.807, 2.05) is 33.8 Å². The molecule has 1 aliphatic rings. The van der Waals surface area contributed by atoms with Gasteiger partial charge in [-0.25, -0.2) is 13.9 Å². The highest BCUT2D eigenvalue weighted by atomic mass is 32.2. The minimum Gasteiger partial charge on any atom is -0.598 e. The third-order valence-corrected chi connectivity index (χ3v) is 11.0. The largest absolute Gasteiger partial charge is 0.598 e. The Morgan fingerprint density at radius 1 is 1.02 bits per heavy atom. The monoisotopic (exact) mass is 797 g/mol. The van der Waals surface area contributed by atoms with Crippen LogP contribution in [0.3, 0.4) is 0 Å². The van der Waals surface area contributed by atoms with Crippen molar-refractivity contribution in [3.8, 4) is 5.69 Å². The molecule has 16 heteroatoms. The van der Waals surface area contributed by atoms with Crippen LogP contribution in [-0.2, 0) is 27.8 Å². The third kappa shape index (κ3) is 10.7. The van der Waals surface area contributed by atoms with E-state index in [0.29, 0.717) is 36.0 Å². The van der Waals surface area contributed by atoms with Gasteiger partial charge in [0, 0.05) is 35.4 Å². The van der Waals surface area contributed by atoms with Crippen molar-refractivity contribution >= 4 is 34.9 Å². The molecular weight excluding hydrogens is 751 g/mol. The van der Waals surface area contributed by atoms with Crippen molar-refractivity contribution in [2.45, 2.75) is 95.5 Å². The first-order chi connectivity index (χ1) is 26.5. The number of halogens is 4. The van der Waals surface area contributed by atoms with Crippen LogP contribution >= 0.6 is 0 Å². The summed E-state index contributed by atoms with van der Waals surface area (Å²) >= 11 is -1.62. The molecule has 0 spiro atoms. The van der Waals surface area contributed by atoms with Crippen LogP contribution in [-0.4, -0.2) is 48.5 Å². The van der Waals surface area contributed by atoms with Crippen LogP contribution in [0.25, 0.3) is 5.69 Å². The van der Waals surface area contributed by atoms with Crippen molar-refractivity contribution < 1.29 is 36.4 Å². The molecule has 0 aliphatic heterocycles. The molecule has 2 amide bonds. The first-order valence-electron chi connectivity index (χ1n) is 18.5. The number of alkyl halides is 3. The fraction of sp³-hybridized carbons (Fsp3) is 0.425. The number of hydrogen-bond donors (Lipinski definition) is 4. The van der Waals surface area contributed by atoms with E-state index in [-0.39, 0.29) is 23.5 Å². The van der Waals surface area contributed by atoms with E-state index in [9.17, 15) is 27.3 Å². The maximum absolute atomic E-state index is 15.6. The van der Waals surface area contributed by atoms with Crippen molar-refractivity contribution in [2.24, 2.45) is 5.92 Å². The second kappa shape index (κ2) is 18.0. The number of anilines is 1. The van der Waals surface area contributed by atoms with Gasteiger partial charge in [0.2, 0.25) is 0 Å². The van der Waals surface area contributed by atoms with Gasteiger partial charge in [-0.2, -0.15) is 18.3 Å². The molecular formula is C40H47F4N7O4S. The van der Waals surface area contributed by atoms with Gasteiger partial charge in [0.1, 0.15) is 27.6 Å². The first kappa shape index (κ1) is 42.3. The van der Waals surface area contributed by atoms with E-state index in [4.69, 9.17) is 10.1 Å². The molecule has 1 saturated carbocycles. The summed E-state index contributed by atoms with van der Waals surface area (Å²) in [6.45, 7) is 7.66. The highest BCUT2D eigenvalue weighted by Gasteiger charge is 2.44. The zero-order valence-corrected chi connectivity index (χ0v) is 32.6. The van der Waals surface area contributed by atoms with Gasteiger partial charge in [-0.05, 0) is 87.4 Å². The summed E-state index contributed by atoms with van der Waals surface area (Å²) in [7, 11) is 0. The summed E-state index contributed by atoms with van der Waals surface area (Å²) in [6, 6.07) is 13.7. The quantitative estimate of drug-likeness (QED) is 0.0290. The molecule has 4 N–H and O–H groups in total. The molecule has 2 atom stereocenters. The number of amides is 2. The van der Waals surface area contributed by atoms with E-state index >= 15 is 4.39 Å². The molecule has 5 rings (SSSR count).